The fraction of sp³-hybridized carbons (Fsp3) is 0.182. The van der Waals surface area contributed by atoms with Crippen LogP contribution in [0.2, 0.25) is 0 Å². The number of methoxy groups -OCH3 is 1. The number of nitrogens with one attached hydrogen (secondary N) is 1. The van der Waals surface area contributed by atoms with Crippen LogP contribution in [0, 0.1) is 6.92 Å². The first-order valence-electron chi connectivity index (χ1n) is 9.52. The third kappa shape index (κ3) is 4.89. The standard InChI is InChI=1S/C22H20N4O4S/c1-14-4-3-5-15(10-14)21-25-26-20(28)11-16(24-22(26)31-21)12-23-19(27)13-30-18-8-6-17(29-2)7-9-18/h3-11H,12-13H2,1-2H3,(H,23,27). The number of rotatable bonds is 7. The average Bonchev–Trinajstić information content (AvgIpc) is 3.21. The van der Waals surface area contributed by atoms with Crippen LogP contribution in [0.4, 0.5) is 0 Å². The molecule has 4 rings (SSSR count). The molecule has 0 aliphatic rings. The van der Waals surface area contributed by atoms with Gasteiger partial charge in [-0.05, 0) is 37.3 Å². The molecule has 0 fully saturated rings. The van der Waals surface area contributed by atoms with Crippen molar-refractivity contribution in [3.05, 3.63) is 76.2 Å². The number of carbonyl (C=O) groups excluding carboxylic acids is 1. The maximum atomic E-state index is 12.4. The lowest BCUT2D eigenvalue weighted by Gasteiger charge is -2.08. The summed E-state index contributed by atoms with van der Waals surface area (Å²) in [7, 11) is 1.58. The molecule has 0 saturated heterocycles. The molecule has 0 aliphatic carbocycles. The van der Waals surface area contributed by atoms with E-state index in [1.54, 1.807) is 31.4 Å². The van der Waals surface area contributed by atoms with Crippen molar-refractivity contribution in [3.63, 3.8) is 0 Å². The lowest BCUT2D eigenvalue weighted by molar-refractivity contribution is -0.123. The van der Waals surface area contributed by atoms with Crippen molar-refractivity contribution in [1.82, 2.24) is 19.9 Å². The number of ether oxygens (including phenoxy) is 2. The molecular formula is C22H20N4O4S. The van der Waals surface area contributed by atoms with E-state index in [-0.39, 0.29) is 24.6 Å². The Morgan fingerprint density at radius 3 is 2.65 bits per heavy atom. The molecule has 0 radical (unpaired) electrons. The number of hydrogen-bond donors (Lipinski definition) is 1. The normalized spacial score (nSPS) is 10.8. The second-order valence-electron chi connectivity index (χ2n) is 6.80. The van der Waals surface area contributed by atoms with Crippen molar-refractivity contribution >= 4 is 22.2 Å². The number of aryl methyl sites for hydroxylation is 1. The summed E-state index contributed by atoms with van der Waals surface area (Å²) in [4.78, 5) is 29.5. The number of nitrogens with zero attached hydrogens (tertiary/aromatic N) is 3. The van der Waals surface area contributed by atoms with Crippen LogP contribution in [0.3, 0.4) is 0 Å². The number of hydrogen-bond acceptors (Lipinski definition) is 7. The fourth-order valence-corrected chi connectivity index (χ4v) is 3.82. The van der Waals surface area contributed by atoms with Crippen molar-refractivity contribution in [3.8, 4) is 22.1 Å². The third-order valence-corrected chi connectivity index (χ3v) is 5.42. The van der Waals surface area contributed by atoms with E-state index in [0.717, 1.165) is 11.1 Å². The van der Waals surface area contributed by atoms with Crippen LogP contribution >= 0.6 is 11.3 Å². The van der Waals surface area contributed by atoms with Gasteiger partial charge in [0.15, 0.2) is 6.61 Å². The molecule has 2 aromatic heterocycles. The van der Waals surface area contributed by atoms with Gasteiger partial charge in [0.2, 0.25) is 4.96 Å². The first-order chi connectivity index (χ1) is 15.0. The van der Waals surface area contributed by atoms with Gasteiger partial charge in [0, 0.05) is 11.6 Å². The molecule has 0 spiro atoms. The van der Waals surface area contributed by atoms with E-state index in [2.05, 4.69) is 15.4 Å². The van der Waals surface area contributed by atoms with Crippen molar-refractivity contribution in [2.24, 2.45) is 0 Å². The molecule has 158 valence electrons. The number of benzene rings is 2. The minimum Gasteiger partial charge on any atom is -0.497 e. The predicted octanol–water partition coefficient (Wildman–Crippen LogP) is 2.83. The minimum atomic E-state index is -0.317. The molecule has 0 unspecified atom stereocenters. The number of amides is 1. The van der Waals surface area contributed by atoms with E-state index >= 15 is 0 Å². The van der Waals surface area contributed by atoms with E-state index < -0.39 is 0 Å². The Balaban J connectivity index is 1.41. The molecule has 1 N–H and O–H groups in total. The maximum absolute atomic E-state index is 12.4. The Kier molecular flexibility index (Phi) is 5.94. The highest BCUT2D eigenvalue weighted by Crippen LogP contribution is 2.25. The minimum absolute atomic E-state index is 0.119. The number of aromatic nitrogens is 3. The average molecular weight is 436 g/mol. The van der Waals surface area contributed by atoms with Gasteiger partial charge in [-0.2, -0.15) is 9.61 Å². The van der Waals surface area contributed by atoms with Gasteiger partial charge in [-0.3, -0.25) is 9.59 Å². The van der Waals surface area contributed by atoms with E-state index in [0.29, 0.717) is 27.2 Å². The lowest BCUT2D eigenvalue weighted by atomic mass is 10.1. The van der Waals surface area contributed by atoms with Crippen LogP contribution in [0.1, 0.15) is 11.3 Å². The summed E-state index contributed by atoms with van der Waals surface area (Å²) in [6.45, 7) is 1.97. The highest BCUT2D eigenvalue weighted by molar-refractivity contribution is 7.19. The van der Waals surface area contributed by atoms with E-state index in [1.807, 2.05) is 31.2 Å². The Bertz CT molecular complexity index is 1280. The van der Waals surface area contributed by atoms with Crippen molar-refractivity contribution in [1.29, 1.82) is 0 Å². The highest BCUT2D eigenvalue weighted by Gasteiger charge is 2.12. The topological polar surface area (TPSA) is 94.8 Å². The van der Waals surface area contributed by atoms with Gasteiger partial charge in [-0.25, -0.2) is 4.98 Å². The summed E-state index contributed by atoms with van der Waals surface area (Å²) in [5.74, 6) is 0.947. The number of fused-ring (bicyclic) bond motifs is 1. The molecule has 0 bridgehead atoms. The van der Waals surface area contributed by atoms with Gasteiger partial charge < -0.3 is 14.8 Å². The molecule has 0 aliphatic heterocycles. The van der Waals surface area contributed by atoms with Gasteiger partial charge in [0.05, 0.1) is 19.3 Å². The summed E-state index contributed by atoms with van der Waals surface area (Å²) in [6.07, 6.45) is 0. The van der Waals surface area contributed by atoms with Crippen molar-refractivity contribution in [2.75, 3.05) is 13.7 Å². The zero-order valence-corrected chi connectivity index (χ0v) is 17.8. The quantitative estimate of drug-likeness (QED) is 0.479. The van der Waals surface area contributed by atoms with E-state index in [1.165, 1.54) is 21.9 Å². The fourth-order valence-electron chi connectivity index (χ4n) is 2.90. The highest BCUT2D eigenvalue weighted by atomic mass is 32.1. The van der Waals surface area contributed by atoms with Gasteiger partial charge >= 0.3 is 0 Å². The van der Waals surface area contributed by atoms with Gasteiger partial charge in [-0.1, -0.05) is 35.1 Å². The predicted molar refractivity (Wildman–Crippen MR) is 118 cm³/mol. The molecule has 0 atom stereocenters. The largest absolute Gasteiger partial charge is 0.497 e. The Labute approximate surface area is 182 Å². The van der Waals surface area contributed by atoms with E-state index in [9.17, 15) is 9.59 Å². The molecule has 2 aromatic carbocycles. The molecule has 4 aromatic rings. The third-order valence-electron chi connectivity index (χ3n) is 4.46. The van der Waals surface area contributed by atoms with Crippen LogP contribution in [0.15, 0.2) is 59.4 Å². The zero-order valence-electron chi connectivity index (χ0n) is 17.0. The summed E-state index contributed by atoms with van der Waals surface area (Å²) in [5.41, 5.74) is 2.21. The summed E-state index contributed by atoms with van der Waals surface area (Å²) >= 11 is 1.33. The second-order valence-corrected chi connectivity index (χ2v) is 7.75. The maximum Gasteiger partial charge on any atom is 0.275 e. The van der Waals surface area contributed by atoms with Crippen molar-refractivity contribution < 1.29 is 14.3 Å². The first-order valence-corrected chi connectivity index (χ1v) is 10.3. The molecular weight excluding hydrogens is 416 g/mol. The van der Waals surface area contributed by atoms with Gasteiger partial charge in [0.25, 0.3) is 11.5 Å². The Hall–Kier alpha value is -3.72. The van der Waals surface area contributed by atoms with Crippen molar-refractivity contribution in [2.45, 2.75) is 13.5 Å². The summed E-state index contributed by atoms with van der Waals surface area (Å²) < 4.78 is 11.8. The molecule has 2 heterocycles. The van der Waals surface area contributed by atoms with Crippen LogP contribution in [0.25, 0.3) is 15.5 Å². The van der Waals surface area contributed by atoms with Gasteiger partial charge in [-0.15, -0.1) is 0 Å². The first kappa shape index (κ1) is 20.5. The van der Waals surface area contributed by atoms with E-state index in [4.69, 9.17) is 9.47 Å². The number of carbonyl (C=O) groups is 1. The van der Waals surface area contributed by atoms with Crippen LogP contribution in [-0.4, -0.2) is 34.2 Å². The van der Waals surface area contributed by atoms with Crippen LogP contribution in [-0.2, 0) is 11.3 Å². The van der Waals surface area contributed by atoms with Crippen LogP contribution < -0.4 is 20.3 Å². The molecule has 8 nitrogen and oxygen atoms in total. The summed E-state index contributed by atoms with van der Waals surface area (Å²) in [6, 6.07) is 16.2. The molecule has 0 saturated carbocycles. The second kappa shape index (κ2) is 8.97. The molecule has 31 heavy (non-hydrogen) atoms. The molecule has 1 amide bonds. The summed E-state index contributed by atoms with van der Waals surface area (Å²) in [5, 5.41) is 7.80. The monoisotopic (exact) mass is 436 g/mol. The molecule has 9 heteroatoms. The Morgan fingerprint density at radius 1 is 1.13 bits per heavy atom. The smallest absolute Gasteiger partial charge is 0.275 e. The van der Waals surface area contributed by atoms with Crippen LogP contribution in [0.5, 0.6) is 11.5 Å². The Morgan fingerprint density at radius 2 is 1.90 bits per heavy atom. The lowest BCUT2D eigenvalue weighted by Crippen LogP contribution is -2.29. The van der Waals surface area contributed by atoms with Gasteiger partial charge in [0.1, 0.15) is 16.5 Å². The zero-order chi connectivity index (χ0) is 21.8. The SMILES string of the molecule is COc1ccc(OCC(=O)NCc2cc(=O)n3nc(-c4cccc(C)c4)sc3n2)cc1.